The van der Waals surface area contributed by atoms with Crippen LogP contribution in [-0.4, -0.2) is 18.5 Å². The van der Waals surface area contributed by atoms with Crippen LogP contribution >= 0.6 is 0 Å². The molecule has 1 aliphatic carbocycles. The Morgan fingerprint density at radius 1 is 1.43 bits per heavy atom. The van der Waals surface area contributed by atoms with Gasteiger partial charge in [-0.1, -0.05) is 37.7 Å². The summed E-state index contributed by atoms with van der Waals surface area (Å²) in [4.78, 5) is 12.4. The topological polar surface area (TPSA) is 55.1 Å². The van der Waals surface area contributed by atoms with Crippen molar-refractivity contribution < 1.29 is 4.79 Å². The van der Waals surface area contributed by atoms with Gasteiger partial charge >= 0.3 is 0 Å². The monoisotopic (exact) mass is 284 g/mol. The van der Waals surface area contributed by atoms with E-state index in [1.54, 1.807) is 0 Å². The standard InChI is InChI=1S/C18H24N2O/c1-13-5-3-7-17(11-13)20-18(21)16-9-8-14(2)15(12-16)6-4-10-19/h8-9,12-13,17H,3,5,7,10-11,19H2,1-2H3,(H,20,21). The lowest BCUT2D eigenvalue weighted by atomic mass is 9.87. The molecule has 0 aromatic heterocycles. The second-order valence-electron chi connectivity index (χ2n) is 5.98. The van der Waals surface area contributed by atoms with Crippen molar-refractivity contribution in [1.29, 1.82) is 0 Å². The van der Waals surface area contributed by atoms with Crippen molar-refractivity contribution >= 4 is 5.91 Å². The summed E-state index contributed by atoms with van der Waals surface area (Å²) in [6.07, 6.45) is 4.64. The van der Waals surface area contributed by atoms with E-state index in [4.69, 9.17) is 5.73 Å². The smallest absolute Gasteiger partial charge is 0.251 e. The van der Waals surface area contributed by atoms with Gasteiger partial charge in [0, 0.05) is 17.2 Å². The Morgan fingerprint density at radius 3 is 2.95 bits per heavy atom. The maximum absolute atomic E-state index is 12.4. The predicted molar refractivity (Wildman–Crippen MR) is 86.0 cm³/mol. The minimum Gasteiger partial charge on any atom is -0.349 e. The molecule has 0 radical (unpaired) electrons. The molecule has 3 heteroatoms. The van der Waals surface area contributed by atoms with Gasteiger partial charge < -0.3 is 11.1 Å². The first-order valence-corrected chi connectivity index (χ1v) is 7.70. The molecule has 2 atom stereocenters. The third-order valence-electron chi connectivity index (χ3n) is 4.10. The van der Waals surface area contributed by atoms with Crippen LogP contribution in [0.2, 0.25) is 0 Å². The molecular formula is C18H24N2O. The normalized spacial score (nSPS) is 21.3. The molecule has 2 unspecified atom stereocenters. The molecule has 1 aliphatic rings. The minimum absolute atomic E-state index is 0.00454. The summed E-state index contributed by atoms with van der Waals surface area (Å²) in [5.74, 6) is 6.57. The van der Waals surface area contributed by atoms with Crippen LogP contribution < -0.4 is 11.1 Å². The van der Waals surface area contributed by atoms with Crippen molar-refractivity contribution in [2.24, 2.45) is 11.7 Å². The summed E-state index contributed by atoms with van der Waals surface area (Å²) in [7, 11) is 0. The van der Waals surface area contributed by atoms with Crippen molar-refractivity contribution in [3.63, 3.8) is 0 Å². The average molecular weight is 284 g/mol. The highest BCUT2D eigenvalue weighted by Crippen LogP contribution is 2.23. The second-order valence-corrected chi connectivity index (χ2v) is 5.98. The molecule has 1 aromatic rings. The number of amides is 1. The molecule has 21 heavy (non-hydrogen) atoms. The number of hydrogen-bond acceptors (Lipinski definition) is 2. The molecule has 2 rings (SSSR count). The first-order valence-electron chi connectivity index (χ1n) is 7.70. The molecule has 3 nitrogen and oxygen atoms in total. The van der Waals surface area contributed by atoms with Crippen LogP contribution in [-0.2, 0) is 0 Å². The Kier molecular flexibility index (Phi) is 5.41. The summed E-state index contributed by atoms with van der Waals surface area (Å²) < 4.78 is 0. The summed E-state index contributed by atoms with van der Waals surface area (Å²) in [5.41, 5.74) is 8.04. The fraction of sp³-hybridized carbons (Fsp3) is 0.500. The highest BCUT2D eigenvalue weighted by atomic mass is 16.1. The maximum Gasteiger partial charge on any atom is 0.251 e. The van der Waals surface area contributed by atoms with Crippen molar-refractivity contribution in [2.45, 2.75) is 45.6 Å². The summed E-state index contributed by atoms with van der Waals surface area (Å²) >= 11 is 0. The Balaban J connectivity index is 2.08. The molecule has 0 saturated heterocycles. The molecule has 112 valence electrons. The van der Waals surface area contributed by atoms with Crippen LogP contribution in [0.25, 0.3) is 0 Å². The number of carbonyl (C=O) groups excluding carboxylic acids is 1. The molecule has 1 saturated carbocycles. The third-order valence-corrected chi connectivity index (χ3v) is 4.10. The van der Waals surface area contributed by atoms with Gasteiger partial charge in [-0.05, 0) is 43.4 Å². The number of nitrogens with two attached hydrogens (primary N) is 1. The van der Waals surface area contributed by atoms with E-state index < -0.39 is 0 Å². The van der Waals surface area contributed by atoms with Crippen LogP contribution in [0.5, 0.6) is 0 Å². The quantitative estimate of drug-likeness (QED) is 0.820. The van der Waals surface area contributed by atoms with E-state index in [9.17, 15) is 4.79 Å². The largest absolute Gasteiger partial charge is 0.349 e. The lowest BCUT2D eigenvalue weighted by Crippen LogP contribution is -2.38. The SMILES string of the molecule is Cc1ccc(C(=O)NC2CCCC(C)C2)cc1C#CCN. The van der Waals surface area contributed by atoms with E-state index in [0.717, 1.165) is 24.0 Å². The van der Waals surface area contributed by atoms with Crippen LogP contribution in [0.1, 0.15) is 54.1 Å². The van der Waals surface area contributed by atoms with Crippen LogP contribution in [0.3, 0.4) is 0 Å². The van der Waals surface area contributed by atoms with Gasteiger partial charge in [-0.3, -0.25) is 4.79 Å². The number of hydrogen-bond donors (Lipinski definition) is 2. The molecule has 0 heterocycles. The van der Waals surface area contributed by atoms with E-state index in [1.165, 1.54) is 12.8 Å². The van der Waals surface area contributed by atoms with Crippen molar-refractivity contribution in [3.8, 4) is 11.8 Å². The molecule has 0 spiro atoms. The van der Waals surface area contributed by atoms with E-state index in [2.05, 4.69) is 24.1 Å². The van der Waals surface area contributed by atoms with Gasteiger partial charge in [-0.25, -0.2) is 0 Å². The third kappa shape index (κ3) is 4.34. The van der Waals surface area contributed by atoms with Crippen LogP contribution in [0.15, 0.2) is 18.2 Å². The number of carbonyl (C=O) groups is 1. The van der Waals surface area contributed by atoms with Crippen LogP contribution in [0.4, 0.5) is 0 Å². The van der Waals surface area contributed by atoms with E-state index >= 15 is 0 Å². The number of benzene rings is 1. The second kappa shape index (κ2) is 7.28. The Morgan fingerprint density at radius 2 is 2.24 bits per heavy atom. The van der Waals surface area contributed by atoms with Gasteiger partial charge in [-0.15, -0.1) is 0 Å². The fourth-order valence-electron chi connectivity index (χ4n) is 2.88. The van der Waals surface area contributed by atoms with Crippen molar-refractivity contribution in [3.05, 3.63) is 34.9 Å². The Labute approximate surface area is 127 Å². The first kappa shape index (κ1) is 15.6. The summed E-state index contributed by atoms with van der Waals surface area (Å²) in [6.45, 7) is 4.57. The molecular weight excluding hydrogens is 260 g/mol. The summed E-state index contributed by atoms with van der Waals surface area (Å²) in [5, 5.41) is 3.16. The zero-order valence-electron chi connectivity index (χ0n) is 12.9. The van der Waals surface area contributed by atoms with Gasteiger partial charge in [0.25, 0.3) is 5.91 Å². The Bertz CT molecular complexity index is 568. The molecule has 1 fully saturated rings. The van der Waals surface area contributed by atoms with Gasteiger partial charge in [-0.2, -0.15) is 0 Å². The average Bonchev–Trinajstić information content (AvgIpc) is 2.46. The molecule has 0 aliphatic heterocycles. The molecule has 1 aromatic carbocycles. The molecule has 1 amide bonds. The zero-order chi connectivity index (χ0) is 15.2. The fourth-order valence-corrected chi connectivity index (χ4v) is 2.88. The van der Waals surface area contributed by atoms with Gasteiger partial charge in [0.05, 0.1) is 6.54 Å². The zero-order valence-corrected chi connectivity index (χ0v) is 12.9. The molecule has 0 bridgehead atoms. The highest BCUT2D eigenvalue weighted by molar-refractivity contribution is 5.94. The van der Waals surface area contributed by atoms with Crippen molar-refractivity contribution in [1.82, 2.24) is 5.32 Å². The number of rotatable bonds is 2. The summed E-state index contributed by atoms with van der Waals surface area (Å²) in [6, 6.07) is 5.98. The van der Waals surface area contributed by atoms with Gasteiger partial charge in [0.15, 0.2) is 0 Å². The predicted octanol–water partition coefficient (Wildman–Crippen LogP) is 2.61. The minimum atomic E-state index is 0.00454. The lowest BCUT2D eigenvalue weighted by molar-refractivity contribution is 0.0921. The Hall–Kier alpha value is -1.79. The van der Waals surface area contributed by atoms with Gasteiger partial charge in [0.1, 0.15) is 0 Å². The van der Waals surface area contributed by atoms with E-state index in [0.29, 0.717) is 24.1 Å². The number of aryl methyl sites for hydroxylation is 1. The lowest BCUT2D eigenvalue weighted by Gasteiger charge is -2.27. The highest BCUT2D eigenvalue weighted by Gasteiger charge is 2.21. The first-order chi connectivity index (χ1) is 10.1. The number of nitrogens with one attached hydrogen (secondary N) is 1. The van der Waals surface area contributed by atoms with Gasteiger partial charge in [0.2, 0.25) is 0 Å². The van der Waals surface area contributed by atoms with Crippen molar-refractivity contribution in [2.75, 3.05) is 6.54 Å². The molecule has 3 N–H and O–H groups in total. The van der Waals surface area contributed by atoms with E-state index in [1.807, 2.05) is 25.1 Å². The van der Waals surface area contributed by atoms with Crippen LogP contribution in [0, 0.1) is 24.7 Å². The maximum atomic E-state index is 12.4. The van der Waals surface area contributed by atoms with E-state index in [-0.39, 0.29) is 5.91 Å².